The van der Waals surface area contributed by atoms with Crippen LogP contribution in [0.3, 0.4) is 0 Å². The molecule has 0 radical (unpaired) electrons. The first kappa shape index (κ1) is 15.6. The first-order valence-corrected chi connectivity index (χ1v) is 6.40. The molecule has 1 unspecified atom stereocenters. The number of nitrogens with two attached hydrogens (primary N) is 1. The highest BCUT2D eigenvalue weighted by molar-refractivity contribution is 6.34. The molecule has 106 valence electrons. The van der Waals surface area contributed by atoms with Gasteiger partial charge in [-0.1, -0.05) is 11.6 Å². The minimum atomic E-state index is -0.485. The Morgan fingerprint density at radius 3 is 2.79 bits per heavy atom. The highest BCUT2D eigenvalue weighted by Crippen LogP contribution is 2.29. The first-order valence-electron chi connectivity index (χ1n) is 6.02. The highest BCUT2D eigenvalue weighted by Gasteiger charge is 2.16. The average Bonchev–Trinajstić information content (AvgIpc) is 2.36. The van der Waals surface area contributed by atoms with Gasteiger partial charge in [-0.3, -0.25) is 0 Å². The summed E-state index contributed by atoms with van der Waals surface area (Å²) in [5, 5.41) is 3.47. The van der Waals surface area contributed by atoms with E-state index in [0.717, 1.165) is 0 Å². The fraction of sp³-hybridized carbons (Fsp3) is 0.462. The first-order chi connectivity index (χ1) is 8.99. The van der Waals surface area contributed by atoms with Crippen molar-refractivity contribution >= 4 is 28.9 Å². The van der Waals surface area contributed by atoms with Crippen LogP contribution in [0.2, 0.25) is 5.02 Å². The number of carbonyl (C=O) groups is 1. The predicted molar refractivity (Wildman–Crippen MR) is 76.8 cm³/mol. The number of esters is 1. The molecule has 0 fully saturated rings. The van der Waals surface area contributed by atoms with Gasteiger partial charge in [0.05, 0.1) is 29.5 Å². The van der Waals surface area contributed by atoms with Crippen LogP contribution in [0.5, 0.6) is 0 Å². The summed E-state index contributed by atoms with van der Waals surface area (Å²) in [5.41, 5.74) is 6.92. The molecule has 0 spiro atoms. The molecule has 1 aromatic carbocycles. The zero-order valence-corrected chi connectivity index (χ0v) is 12.1. The Bertz CT molecular complexity index is 452. The van der Waals surface area contributed by atoms with Gasteiger partial charge < -0.3 is 20.5 Å². The van der Waals surface area contributed by atoms with Gasteiger partial charge in [0.2, 0.25) is 0 Å². The zero-order valence-electron chi connectivity index (χ0n) is 11.3. The monoisotopic (exact) mass is 286 g/mol. The van der Waals surface area contributed by atoms with E-state index in [9.17, 15) is 4.79 Å². The van der Waals surface area contributed by atoms with Crippen LogP contribution in [-0.2, 0) is 9.47 Å². The van der Waals surface area contributed by atoms with Crippen molar-refractivity contribution in [3.63, 3.8) is 0 Å². The van der Waals surface area contributed by atoms with Crippen molar-refractivity contribution in [2.24, 2.45) is 0 Å². The van der Waals surface area contributed by atoms with E-state index >= 15 is 0 Å². The maximum absolute atomic E-state index is 11.7. The number of nitrogen functional groups attached to an aromatic ring is 1. The van der Waals surface area contributed by atoms with Gasteiger partial charge in [0, 0.05) is 18.8 Å². The molecule has 0 saturated carbocycles. The molecule has 6 heteroatoms. The zero-order chi connectivity index (χ0) is 14.4. The summed E-state index contributed by atoms with van der Waals surface area (Å²) in [6.07, 6.45) is 0.00381. The molecular formula is C13H19ClN2O3. The SMILES string of the molecule is CCOC(C)CNc1c(Cl)cc(N)cc1C(=O)OC. The lowest BCUT2D eigenvalue weighted by Crippen LogP contribution is -2.21. The van der Waals surface area contributed by atoms with Gasteiger partial charge in [-0.15, -0.1) is 0 Å². The summed E-state index contributed by atoms with van der Waals surface area (Å²) in [7, 11) is 1.31. The van der Waals surface area contributed by atoms with Crippen LogP contribution in [-0.4, -0.2) is 32.3 Å². The summed E-state index contributed by atoms with van der Waals surface area (Å²) in [6.45, 7) is 5.01. The van der Waals surface area contributed by atoms with Gasteiger partial charge >= 0.3 is 5.97 Å². The Balaban J connectivity index is 2.95. The Kier molecular flexibility index (Phi) is 5.92. The number of methoxy groups -OCH3 is 1. The van der Waals surface area contributed by atoms with Crippen LogP contribution in [0, 0.1) is 0 Å². The Morgan fingerprint density at radius 2 is 2.21 bits per heavy atom. The number of hydrogen-bond acceptors (Lipinski definition) is 5. The van der Waals surface area contributed by atoms with E-state index in [-0.39, 0.29) is 6.10 Å². The maximum atomic E-state index is 11.7. The molecule has 0 aliphatic rings. The second kappa shape index (κ2) is 7.21. The van der Waals surface area contributed by atoms with Crippen molar-refractivity contribution in [3.8, 4) is 0 Å². The van der Waals surface area contributed by atoms with E-state index in [1.54, 1.807) is 6.07 Å². The van der Waals surface area contributed by atoms with Gasteiger partial charge in [-0.05, 0) is 26.0 Å². The molecule has 0 aliphatic carbocycles. The smallest absolute Gasteiger partial charge is 0.340 e. The van der Waals surface area contributed by atoms with Gasteiger partial charge in [0.25, 0.3) is 0 Å². The largest absolute Gasteiger partial charge is 0.465 e. The number of nitrogens with one attached hydrogen (secondary N) is 1. The van der Waals surface area contributed by atoms with Crippen LogP contribution in [0.25, 0.3) is 0 Å². The number of halogens is 1. The van der Waals surface area contributed by atoms with E-state index in [0.29, 0.717) is 35.1 Å². The van der Waals surface area contributed by atoms with Crippen LogP contribution in [0.15, 0.2) is 12.1 Å². The van der Waals surface area contributed by atoms with Gasteiger partial charge in [-0.2, -0.15) is 0 Å². The van der Waals surface area contributed by atoms with Gasteiger partial charge in [0.1, 0.15) is 0 Å². The summed E-state index contributed by atoms with van der Waals surface area (Å²) in [6, 6.07) is 3.12. The Morgan fingerprint density at radius 1 is 1.53 bits per heavy atom. The lowest BCUT2D eigenvalue weighted by Gasteiger charge is -2.17. The fourth-order valence-corrected chi connectivity index (χ4v) is 1.96. The lowest BCUT2D eigenvalue weighted by atomic mass is 10.1. The average molecular weight is 287 g/mol. The van der Waals surface area contributed by atoms with Crippen molar-refractivity contribution in [1.29, 1.82) is 0 Å². The molecule has 0 aliphatic heterocycles. The molecule has 1 aromatic rings. The van der Waals surface area contributed by atoms with Crippen LogP contribution in [0.4, 0.5) is 11.4 Å². The Labute approximate surface area is 118 Å². The summed E-state index contributed by atoms with van der Waals surface area (Å²) in [4.78, 5) is 11.7. The summed E-state index contributed by atoms with van der Waals surface area (Å²) in [5.74, 6) is -0.485. The lowest BCUT2D eigenvalue weighted by molar-refractivity contribution is 0.0601. The van der Waals surface area contributed by atoms with Gasteiger partial charge in [-0.25, -0.2) is 4.79 Å². The number of benzene rings is 1. The molecule has 0 aromatic heterocycles. The molecule has 0 heterocycles. The van der Waals surface area contributed by atoms with E-state index in [2.05, 4.69) is 5.32 Å². The van der Waals surface area contributed by atoms with E-state index in [1.807, 2.05) is 13.8 Å². The van der Waals surface area contributed by atoms with Crippen LogP contribution < -0.4 is 11.1 Å². The van der Waals surface area contributed by atoms with Crippen LogP contribution >= 0.6 is 11.6 Å². The predicted octanol–water partition coefficient (Wildman–Crippen LogP) is 2.55. The molecule has 0 amide bonds. The third-order valence-electron chi connectivity index (χ3n) is 2.54. The number of rotatable bonds is 6. The van der Waals surface area contributed by atoms with Crippen molar-refractivity contribution in [1.82, 2.24) is 0 Å². The minimum Gasteiger partial charge on any atom is -0.465 e. The number of hydrogen-bond donors (Lipinski definition) is 2. The quantitative estimate of drug-likeness (QED) is 0.621. The molecule has 19 heavy (non-hydrogen) atoms. The standard InChI is InChI=1S/C13H19ClN2O3/c1-4-19-8(2)7-16-12-10(13(17)18-3)5-9(15)6-11(12)14/h5-6,8,16H,4,7,15H2,1-3H3. The fourth-order valence-electron chi connectivity index (χ4n) is 1.67. The van der Waals surface area contributed by atoms with E-state index in [1.165, 1.54) is 13.2 Å². The second-order valence-corrected chi connectivity index (χ2v) is 4.47. The van der Waals surface area contributed by atoms with E-state index in [4.69, 9.17) is 26.8 Å². The second-order valence-electron chi connectivity index (χ2n) is 4.06. The number of carbonyl (C=O) groups excluding carboxylic acids is 1. The normalized spacial score (nSPS) is 12.0. The molecule has 5 nitrogen and oxygen atoms in total. The summed E-state index contributed by atoms with van der Waals surface area (Å²) >= 11 is 6.11. The minimum absolute atomic E-state index is 0.00381. The molecule has 3 N–H and O–H groups in total. The van der Waals surface area contributed by atoms with E-state index < -0.39 is 5.97 Å². The third kappa shape index (κ3) is 4.29. The molecule has 0 saturated heterocycles. The Hall–Kier alpha value is -1.46. The van der Waals surface area contributed by atoms with Crippen molar-refractivity contribution in [3.05, 3.63) is 22.7 Å². The third-order valence-corrected chi connectivity index (χ3v) is 2.83. The summed E-state index contributed by atoms with van der Waals surface area (Å²) < 4.78 is 10.1. The number of anilines is 2. The van der Waals surface area contributed by atoms with Crippen molar-refractivity contribution in [2.45, 2.75) is 20.0 Å². The van der Waals surface area contributed by atoms with Crippen LogP contribution in [0.1, 0.15) is 24.2 Å². The van der Waals surface area contributed by atoms with Crippen molar-refractivity contribution < 1.29 is 14.3 Å². The highest BCUT2D eigenvalue weighted by atomic mass is 35.5. The molecular weight excluding hydrogens is 268 g/mol. The molecule has 1 atom stereocenters. The molecule has 0 bridgehead atoms. The number of ether oxygens (including phenoxy) is 2. The van der Waals surface area contributed by atoms with Gasteiger partial charge in [0.15, 0.2) is 0 Å². The topological polar surface area (TPSA) is 73.6 Å². The van der Waals surface area contributed by atoms with Crippen molar-refractivity contribution in [2.75, 3.05) is 31.3 Å². The molecule has 1 rings (SSSR count). The maximum Gasteiger partial charge on any atom is 0.340 e.